The van der Waals surface area contributed by atoms with Crippen molar-refractivity contribution in [3.05, 3.63) is 34.3 Å². The van der Waals surface area contributed by atoms with Crippen LogP contribution >= 0.6 is 23.2 Å². The molecular weight excluding hydrogens is 325 g/mol. The molecule has 0 unspecified atom stereocenters. The molecule has 0 aliphatic carbocycles. The van der Waals surface area contributed by atoms with Crippen LogP contribution in [0, 0.1) is 0 Å². The van der Waals surface area contributed by atoms with E-state index in [1.54, 1.807) is 22.9 Å². The smallest absolute Gasteiger partial charge is 0.177 e. The number of nitrogen functional groups attached to an aromatic ring is 1. The van der Waals surface area contributed by atoms with Gasteiger partial charge >= 0.3 is 0 Å². The summed E-state index contributed by atoms with van der Waals surface area (Å²) < 4.78 is 12.7. The van der Waals surface area contributed by atoms with Gasteiger partial charge in [0, 0.05) is 29.9 Å². The number of rotatable bonds is 7. The molecule has 0 aliphatic rings. The Balaban J connectivity index is 2.23. The maximum atomic E-state index is 6.21. The minimum atomic E-state index is -0.384. The van der Waals surface area contributed by atoms with Crippen molar-refractivity contribution in [1.82, 2.24) is 9.78 Å². The average molecular weight is 344 g/mol. The zero-order chi connectivity index (χ0) is 16.1. The maximum absolute atomic E-state index is 6.21. The predicted octanol–water partition coefficient (Wildman–Crippen LogP) is 3.84. The highest BCUT2D eigenvalue weighted by Gasteiger charge is 2.15. The molecule has 5 nitrogen and oxygen atoms in total. The molecule has 0 bridgehead atoms. The van der Waals surface area contributed by atoms with Crippen molar-refractivity contribution in [2.75, 3.05) is 18.9 Å². The third-order valence-electron chi connectivity index (χ3n) is 3.05. The van der Waals surface area contributed by atoms with Crippen LogP contribution in [0.3, 0.4) is 0 Å². The van der Waals surface area contributed by atoms with E-state index >= 15 is 0 Å². The normalized spacial score (nSPS) is 11.3. The lowest BCUT2D eigenvalue weighted by Gasteiger charge is -2.17. The summed E-state index contributed by atoms with van der Waals surface area (Å²) in [5.41, 5.74) is 7.48. The molecule has 0 atom stereocenters. The molecule has 0 amide bonds. The highest BCUT2D eigenvalue weighted by Crippen LogP contribution is 2.30. The molecule has 2 aromatic rings. The summed E-state index contributed by atoms with van der Waals surface area (Å²) in [5.74, 6) is 0.519. The summed E-state index contributed by atoms with van der Waals surface area (Å²) in [6.07, 6.45) is -0.384. The molecule has 0 fully saturated rings. The summed E-state index contributed by atoms with van der Waals surface area (Å²) in [7, 11) is 0. The van der Waals surface area contributed by atoms with Gasteiger partial charge in [0.05, 0.1) is 17.3 Å². The Morgan fingerprint density at radius 3 is 2.45 bits per heavy atom. The fourth-order valence-electron chi connectivity index (χ4n) is 2.07. The van der Waals surface area contributed by atoms with Gasteiger partial charge in [-0.3, -0.25) is 0 Å². The third-order valence-corrected chi connectivity index (χ3v) is 3.59. The van der Waals surface area contributed by atoms with Crippen molar-refractivity contribution in [1.29, 1.82) is 0 Å². The average Bonchev–Trinajstić information content (AvgIpc) is 2.80. The molecule has 1 aromatic carbocycles. The molecule has 0 saturated carbocycles. The van der Waals surface area contributed by atoms with Crippen LogP contribution in [0.15, 0.2) is 24.3 Å². The van der Waals surface area contributed by atoms with E-state index in [1.807, 2.05) is 19.9 Å². The van der Waals surface area contributed by atoms with Gasteiger partial charge in [-0.1, -0.05) is 23.2 Å². The number of hydrogen-bond acceptors (Lipinski definition) is 4. The number of benzene rings is 1. The second kappa shape index (κ2) is 7.83. The van der Waals surface area contributed by atoms with Gasteiger partial charge in [0.25, 0.3) is 0 Å². The fourth-order valence-corrected chi connectivity index (χ4v) is 2.58. The van der Waals surface area contributed by atoms with Crippen LogP contribution in [-0.4, -0.2) is 29.3 Å². The van der Waals surface area contributed by atoms with Crippen LogP contribution in [0.1, 0.15) is 13.8 Å². The number of halogens is 2. The van der Waals surface area contributed by atoms with Crippen LogP contribution in [-0.2, 0) is 16.0 Å². The van der Waals surface area contributed by atoms with Crippen molar-refractivity contribution in [2.24, 2.45) is 0 Å². The summed E-state index contributed by atoms with van der Waals surface area (Å²) in [6.45, 7) is 5.36. The number of aromatic nitrogens is 2. The van der Waals surface area contributed by atoms with Gasteiger partial charge < -0.3 is 15.2 Å². The van der Waals surface area contributed by atoms with Crippen LogP contribution in [0.5, 0.6) is 0 Å². The molecule has 0 saturated heterocycles. The molecule has 2 N–H and O–H groups in total. The first kappa shape index (κ1) is 17.1. The second-order valence-corrected chi connectivity index (χ2v) is 5.44. The SMILES string of the molecule is CCOC(Cn1nc(-c2ccc(Cl)cc2Cl)cc1N)OCC. The number of hydrogen-bond donors (Lipinski definition) is 1. The number of ether oxygens (including phenoxy) is 2. The quantitative estimate of drug-likeness (QED) is 0.775. The lowest BCUT2D eigenvalue weighted by atomic mass is 10.1. The van der Waals surface area contributed by atoms with E-state index in [0.717, 1.165) is 5.56 Å². The molecule has 7 heteroatoms. The minimum Gasteiger partial charge on any atom is -0.384 e. The van der Waals surface area contributed by atoms with E-state index in [2.05, 4.69) is 5.10 Å². The minimum absolute atomic E-state index is 0.384. The molecule has 1 heterocycles. The predicted molar refractivity (Wildman–Crippen MR) is 89.1 cm³/mol. The van der Waals surface area contributed by atoms with Crippen LogP contribution in [0.4, 0.5) is 5.82 Å². The Labute approximate surface area is 139 Å². The summed E-state index contributed by atoms with van der Waals surface area (Å²) in [5, 5.41) is 5.59. The van der Waals surface area contributed by atoms with Crippen molar-refractivity contribution in [3.63, 3.8) is 0 Å². The van der Waals surface area contributed by atoms with E-state index in [0.29, 0.717) is 41.3 Å². The number of nitrogens with zero attached hydrogens (tertiary/aromatic N) is 2. The molecule has 120 valence electrons. The van der Waals surface area contributed by atoms with E-state index < -0.39 is 0 Å². The molecule has 0 spiro atoms. The lowest BCUT2D eigenvalue weighted by Crippen LogP contribution is -2.25. The zero-order valence-electron chi connectivity index (χ0n) is 12.6. The first-order valence-corrected chi connectivity index (χ1v) is 7.82. The van der Waals surface area contributed by atoms with Gasteiger partial charge in [0.1, 0.15) is 5.82 Å². The molecule has 1 aromatic heterocycles. The first-order valence-electron chi connectivity index (χ1n) is 7.07. The molecule has 2 rings (SSSR count). The van der Waals surface area contributed by atoms with E-state index in [-0.39, 0.29) is 6.29 Å². The van der Waals surface area contributed by atoms with Crippen molar-refractivity contribution in [2.45, 2.75) is 26.7 Å². The fraction of sp³-hybridized carbons (Fsp3) is 0.400. The Kier molecular flexibility index (Phi) is 6.08. The zero-order valence-corrected chi connectivity index (χ0v) is 14.1. The van der Waals surface area contributed by atoms with Crippen molar-refractivity contribution in [3.8, 4) is 11.3 Å². The first-order chi connectivity index (χ1) is 10.5. The second-order valence-electron chi connectivity index (χ2n) is 4.60. The topological polar surface area (TPSA) is 62.3 Å². The Morgan fingerprint density at radius 2 is 1.86 bits per heavy atom. The Hall–Kier alpha value is -1.27. The van der Waals surface area contributed by atoms with Crippen molar-refractivity contribution >= 4 is 29.0 Å². The van der Waals surface area contributed by atoms with E-state index in [1.165, 1.54) is 0 Å². The molecule has 22 heavy (non-hydrogen) atoms. The molecular formula is C15H19Cl2N3O2. The standard InChI is InChI=1S/C15H19Cl2N3O2/c1-3-21-15(22-4-2)9-20-14(18)8-13(19-20)11-6-5-10(16)7-12(11)17/h5-8,15H,3-4,9,18H2,1-2H3. The van der Waals surface area contributed by atoms with Gasteiger partial charge in [-0.2, -0.15) is 5.10 Å². The number of nitrogens with two attached hydrogens (primary N) is 1. The third kappa shape index (κ3) is 4.14. The van der Waals surface area contributed by atoms with Crippen molar-refractivity contribution < 1.29 is 9.47 Å². The van der Waals surface area contributed by atoms with Crippen LogP contribution < -0.4 is 5.73 Å². The van der Waals surface area contributed by atoms with E-state index in [9.17, 15) is 0 Å². The Bertz CT molecular complexity index is 625. The van der Waals surface area contributed by atoms with Gasteiger partial charge in [-0.15, -0.1) is 0 Å². The summed E-state index contributed by atoms with van der Waals surface area (Å²) >= 11 is 12.1. The van der Waals surface area contributed by atoms with Gasteiger partial charge in [0.2, 0.25) is 0 Å². The largest absolute Gasteiger partial charge is 0.384 e. The van der Waals surface area contributed by atoms with Gasteiger partial charge in [-0.25, -0.2) is 4.68 Å². The maximum Gasteiger partial charge on any atom is 0.177 e. The van der Waals surface area contributed by atoms with Crippen LogP contribution in [0.2, 0.25) is 10.0 Å². The van der Waals surface area contributed by atoms with Crippen LogP contribution in [0.25, 0.3) is 11.3 Å². The summed E-state index contributed by atoms with van der Waals surface area (Å²) in [6, 6.07) is 7.03. The Morgan fingerprint density at radius 1 is 1.18 bits per heavy atom. The number of anilines is 1. The molecule has 0 aliphatic heterocycles. The highest BCUT2D eigenvalue weighted by atomic mass is 35.5. The van der Waals surface area contributed by atoms with E-state index in [4.69, 9.17) is 38.4 Å². The van der Waals surface area contributed by atoms with Gasteiger partial charge in [0.15, 0.2) is 6.29 Å². The highest BCUT2D eigenvalue weighted by molar-refractivity contribution is 6.36. The lowest BCUT2D eigenvalue weighted by molar-refractivity contribution is -0.144. The van der Waals surface area contributed by atoms with Gasteiger partial charge in [-0.05, 0) is 32.0 Å². The summed E-state index contributed by atoms with van der Waals surface area (Å²) in [4.78, 5) is 0. The molecule has 0 radical (unpaired) electrons. The monoisotopic (exact) mass is 343 g/mol.